The lowest BCUT2D eigenvalue weighted by atomic mass is 9.58. The zero-order chi connectivity index (χ0) is 85.2. The van der Waals surface area contributed by atoms with Gasteiger partial charge in [-0.2, -0.15) is 10.2 Å². The lowest BCUT2D eigenvalue weighted by Crippen LogP contribution is -2.64. The number of nitrogens with zero attached hydrogens (tertiary/aromatic N) is 12. The first kappa shape index (κ1) is 90.8. The van der Waals surface area contributed by atoms with Gasteiger partial charge in [-0.3, -0.25) is 19.0 Å². The number of carbonyl (C=O) groups is 5. The van der Waals surface area contributed by atoms with Gasteiger partial charge >= 0.3 is 18.3 Å². The fourth-order valence-corrected chi connectivity index (χ4v) is 20.4. The van der Waals surface area contributed by atoms with E-state index in [0.29, 0.717) is 94.9 Å². The summed E-state index contributed by atoms with van der Waals surface area (Å²) in [7, 11) is 3.69. The van der Waals surface area contributed by atoms with Crippen LogP contribution in [0.25, 0.3) is 67.4 Å². The van der Waals surface area contributed by atoms with Crippen molar-refractivity contribution in [1.82, 2.24) is 79.7 Å². The maximum absolute atomic E-state index is 15.0. The number of imidazole rings is 2. The van der Waals surface area contributed by atoms with Crippen LogP contribution in [0.15, 0.2) is 97.9 Å². The maximum Gasteiger partial charge on any atom is 0.410 e. The molecular weight excluding hydrogens is 1530 g/mol. The molecule has 12 heterocycles. The average Bonchev–Trinajstić information content (AvgIpc) is 1.63. The van der Waals surface area contributed by atoms with Gasteiger partial charge in [0.25, 0.3) is 0 Å². The molecule has 6 saturated carbocycles. The Morgan fingerprint density at radius 3 is 1.14 bits per heavy atom. The van der Waals surface area contributed by atoms with E-state index >= 15 is 4.39 Å². The number of aryl methyl sites for hydroxylation is 3. The van der Waals surface area contributed by atoms with E-state index in [1.54, 1.807) is 56.1 Å². The van der Waals surface area contributed by atoms with Crippen LogP contribution in [0.4, 0.5) is 23.2 Å². The van der Waals surface area contributed by atoms with Crippen molar-refractivity contribution in [2.24, 2.45) is 76.0 Å². The second-order valence-electron chi connectivity index (χ2n) is 40.9. The number of ketones is 1. The molecule has 6 spiro atoms. The van der Waals surface area contributed by atoms with E-state index in [1.165, 1.54) is 95.3 Å². The van der Waals surface area contributed by atoms with Gasteiger partial charge < -0.3 is 60.1 Å². The topological polar surface area (TPSA) is 295 Å². The quantitative estimate of drug-likeness (QED) is 0.0697. The number of likely N-dealkylation sites (tertiary alicyclic amines) is 4. The van der Waals surface area contributed by atoms with Crippen molar-refractivity contribution in [1.29, 1.82) is 0 Å². The number of aromatic nitrogens is 10. The number of allylic oxidation sites excluding steroid dienone is 1. The number of hydrogen-bond donors (Lipinski definition) is 5. The van der Waals surface area contributed by atoms with Crippen molar-refractivity contribution < 1.29 is 47.0 Å². The van der Waals surface area contributed by atoms with Crippen LogP contribution in [0.5, 0.6) is 0 Å². The minimum absolute atomic E-state index is 0. The number of ether oxygens (including phenoxy) is 3. The summed E-state index contributed by atoms with van der Waals surface area (Å²) in [4.78, 5) is 89.8. The van der Waals surface area contributed by atoms with E-state index in [9.17, 15) is 28.4 Å². The standard InChI is InChI=1S/C26H27FN6O.C17H15FN6.C12H21NO2.C12H19NO2.C11H17NO3.2C7H13N.2CH4/c1-16-10-26(11-16)14-33(15-26)22(34)6-5-17-3-4-18(9-21(17)27)20-7-8-28-25-23(20)30-24(31-25)19-12-29-32(2)13-19;1-24-9-12(8-21-24)16-22-15-13(4-5-20-17(15)23-16)10-2-3-11(7-19)14(18)6-10;2*1-9-5-12(6-9)7-13(8-12)10(14)15-11(2,3)4;1-10(2,3)15-9(14)12-6-11(7-12)4-8(13)5-11;2*1-6-2-7(3-6)4-8-5-7;;/h3-4,7-9,12-13,16H,5-6,10-11,14-15H2,1-2H3,(H,28,30,31);2-6,8-9H,7,19H2,1H3,(H,20,22,23);9H,5-8H2,1-4H3;1,5-8H2,2-4H3;4-7H2,1-3H3;2*6,8H,2-5H2,1H3;2*1H4. The van der Waals surface area contributed by atoms with Gasteiger partial charge in [-0.05, 0) is 208 Å². The summed E-state index contributed by atoms with van der Waals surface area (Å²) in [6.45, 7) is 42.2. The van der Waals surface area contributed by atoms with Crippen LogP contribution in [0.3, 0.4) is 0 Å². The number of amides is 4. The Balaban J connectivity index is 0.000000136. The minimum Gasteiger partial charge on any atom is -0.444 e. The van der Waals surface area contributed by atoms with Crippen LogP contribution < -0.4 is 16.4 Å². The molecule has 12 fully saturated rings. The Labute approximate surface area is 713 Å². The van der Waals surface area contributed by atoms with Gasteiger partial charge in [-0.25, -0.2) is 43.1 Å². The third-order valence-corrected chi connectivity index (χ3v) is 25.5. The number of Topliss-reactive ketones (excluding diaryl/α,β-unsaturated/α-hetero) is 1. The molecule has 20 rings (SSSR count). The smallest absolute Gasteiger partial charge is 0.410 e. The largest absolute Gasteiger partial charge is 0.444 e. The molecule has 121 heavy (non-hydrogen) atoms. The molecule has 6 N–H and O–H groups in total. The van der Waals surface area contributed by atoms with Crippen molar-refractivity contribution in [3.8, 4) is 45.0 Å². The molecule has 6 saturated heterocycles. The third kappa shape index (κ3) is 21.1. The maximum atomic E-state index is 15.0. The molecule has 25 nitrogen and oxygen atoms in total. The average molecular weight is 1670 g/mol. The zero-order valence-electron chi connectivity index (χ0n) is 72.7. The van der Waals surface area contributed by atoms with E-state index < -0.39 is 5.60 Å². The number of nitrogens with two attached hydrogens (primary N) is 1. The van der Waals surface area contributed by atoms with Gasteiger partial charge in [-0.1, -0.05) is 79.0 Å². The summed E-state index contributed by atoms with van der Waals surface area (Å²) >= 11 is 0. The molecular formula is C94H133F2N17O8. The van der Waals surface area contributed by atoms with Crippen molar-refractivity contribution in [2.75, 3.05) is 78.5 Å². The van der Waals surface area contributed by atoms with Crippen molar-refractivity contribution in [3.63, 3.8) is 0 Å². The zero-order valence-corrected chi connectivity index (χ0v) is 72.7. The highest BCUT2D eigenvalue weighted by atomic mass is 19.1. The first-order valence-electron chi connectivity index (χ1n) is 42.8. The second kappa shape index (κ2) is 35.0. The predicted octanol–water partition coefficient (Wildman–Crippen LogP) is 17.1. The summed E-state index contributed by atoms with van der Waals surface area (Å²) in [6.07, 6.45) is 25.2. The molecule has 6 aromatic heterocycles. The highest BCUT2D eigenvalue weighted by Crippen LogP contribution is 2.55. The summed E-state index contributed by atoms with van der Waals surface area (Å²) in [5, 5.41) is 15.0. The van der Waals surface area contributed by atoms with E-state index in [1.807, 2.05) is 123 Å². The number of pyridine rings is 2. The lowest BCUT2D eigenvalue weighted by Gasteiger charge is -2.58. The molecule has 0 bridgehead atoms. The Bertz CT molecular complexity index is 4920. The van der Waals surface area contributed by atoms with Crippen LogP contribution in [0.1, 0.15) is 199 Å². The molecule has 6 aliphatic heterocycles. The monoisotopic (exact) mass is 1670 g/mol. The number of nitrogens with one attached hydrogen (secondary N) is 4. The number of halogens is 2. The number of hydrogen-bond acceptors (Lipinski definition) is 17. The molecule has 0 atom stereocenters. The van der Waals surface area contributed by atoms with Crippen molar-refractivity contribution >= 4 is 52.3 Å². The Morgan fingerprint density at radius 1 is 0.496 bits per heavy atom. The van der Waals surface area contributed by atoms with E-state index in [2.05, 4.69) is 85.0 Å². The number of H-pyrrole nitrogens is 2. The molecule has 6 aliphatic carbocycles. The fraction of sp³-hybridized carbons (Fsp3) is 0.606. The van der Waals surface area contributed by atoms with Gasteiger partial charge in [0.1, 0.15) is 45.9 Å². The molecule has 4 amide bonds. The number of aromatic amines is 2. The molecule has 27 heteroatoms. The number of fused-ring (bicyclic) bond motifs is 2. The van der Waals surface area contributed by atoms with Crippen molar-refractivity contribution in [3.05, 3.63) is 121 Å². The second-order valence-corrected chi connectivity index (χ2v) is 40.9. The van der Waals surface area contributed by atoms with E-state index in [4.69, 9.17) is 19.9 Å². The SMILES string of the molecule is C.C.C=C1CC2(C1)CN(C(=O)OC(C)(C)C)C2.CC(C)(C)OC(=O)N1CC2(CC(=O)C2)C1.CC1CC2(C1)CN(C(=O)CCc1ccc(-c3ccnc4nc(-c5cnn(C)c5)[nH]c34)cc1F)C2.CC1CC2(C1)CN(C(=O)OC(C)(C)C)C2.CC1CC2(CNC2)C1.CC1CC2(CNC2)C1.Cn1cc(-c2nc3nccc(-c4ccc(CN)c(F)c4)c3[nH]2)cn1. The van der Waals surface area contributed by atoms with E-state index in [-0.39, 0.29) is 73.8 Å². The molecule has 8 aromatic rings. The summed E-state index contributed by atoms with van der Waals surface area (Å²) in [5.41, 5.74) is 17.2. The van der Waals surface area contributed by atoms with Crippen LogP contribution in [-0.2, 0) is 50.9 Å². The van der Waals surface area contributed by atoms with E-state index in [0.717, 1.165) is 131 Å². The van der Waals surface area contributed by atoms with Gasteiger partial charge in [-0.15, -0.1) is 0 Å². The first-order valence-corrected chi connectivity index (χ1v) is 42.8. The Morgan fingerprint density at radius 2 is 0.843 bits per heavy atom. The minimum atomic E-state index is -0.435. The predicted molar refractivity (Wildman–Crippen MR) is 469 cm³/mol. The first-order chi connectivity index (χ1) is 56.0. The van der Waals surface area contributed by atoms with Crippen LogP contribution >= 0.6 is 0 Å². The summed E-state index contributed by atoms with van der Waals surface area (Å²) in [5.74, 6) is 4.88. The molecule has 0 unspecified atom stereocenters. The van der Waals surface area contributed by atoms with Crippen LogP contribution in [0.2, 0.25) is 0 Å². The molecule has 0 radical (unpaired) electrons. The molecule has 656 valence electrons. The third-order valence-electron chi connectivity index (χ3n) is 25.5. The van der Waals surface area contributed by atoms with Crippen LogP contribution in [-0.4, -0.2) is 194 Å². The normalized spacial score (nSPS) is 21.8. The van der Waals surface area contributed by atoms with Gasteiger partial charge in [0.15, 0.2) is 11.3 Å². The number of rotatable bonds is 8. The summed E-state index contributed by atoms with van der Waals surface area (Å²) in [6, 6.07) is 14.0. The van der Waals surface area contributed by atoms with Crippen LogP contribution in [0, 0.1) is 67.8 Å². The lowest BCUT2D eigenvalue weighted by molar-refractivity contribution is -0.154. The van der Waals surface area contributed by atoms with Crippen molar-refractivity contribution in [2.45, 2.75) is 218 Å². The Hall–Kier alpha value is -9.47. The highest BCUT2D eigenvalue weighted by Gasteiger charge is 2.56. The Kier molecular flexibility index (Phi) is 26.3. The fourth-order valence-electron chi connectivity index (χ4n) is 20.4. The van der Waals surface area contributed by atoms with Gasteiger partial charge in [0.2, 0.25) is 5.91 Å². The van der Waals surface area contributed by atoms with Gasteiger partial charge in [0.05, 0.1) is 34.6 Å². The van der Waals surface area contributed by atoms with Gasteiger partial charge in [0, 0.05) is 182 Å². The number of carbonyl (C=O) groups excluding carboxylic acids is 5. The number of benzene rings is 2. The molecule has 12 aliphatic rings. The highest BCUT2D eigenvalue weighted by molar-refractivity contribution is 5.93. The molecule has 2 aromatic carbocycles. The summed E-state index contributed by atoms with van der Waals surface area (Å²) < 4.78 is 48.3.